The molecule has 1 atom stereocenters. The fraction of sp³-hybridized carbons (Fsp3) is 0.261. The molecule has 9 heteroatoms. The number of carbonyl (C=O) groups is 1. The number of nitrogens with one attached hydrogen (secondary N) is 2. The van der Waals surface area contributed by atoms with Crippen LogP contribution in [0.5, 0.6) is 11.5 Å². The van der Waals surface area contributed by atoms with Crippen LogP contribution >= 0.6 is 23.4 Å². The van der Waals surface area contributed by atoms with E-state index in [0.717, 1.165) is 11.1 Å². The zero-order valence-corrected chi connectivity index (χ0v) is 19.2. The molecule has 32 heavy (non-hydrogen) atoms. The van der Waals surface area contributed by atoms with Crippen molar-refractivity contribution in [3.63, 3.8) is 0 Å². The van der Waals surface area contributed by atoms with Gasteiger partial charge in [0.1, 0.15) is 5.82 Å². The van der Waals surface area contributed by atoms with Crippen molar-refractivity contribution in [1.82, 2.24) is 9.97 Å². The number of carbonyl (C=O) groups excluding carboxylic acids is 1. The zero-order valence-electron chi connectivity index (χ0n) is 17.6. The lowest BCUT2D eigenvalue weighted by Gasteiger charge is -2.25. The number of ether oxygens (including phenoxy) is 2. The quantitative estimate of drug-likeness (QED) is 0.386. The van der Waals surface area contributed by atoms with Crippen molar-refractivity contribution >= 4 is 35.1 Å². The number of thioether (sulfide) groups is 1. The van der Waals surface area contributed by atoms with Gasteiger partial charge in [-0.05, 0) is 36.2 Å². The van der Waals surface area contributed by atoms with Gasteiger partial charge in [0.2, 0.25) is 5.91 Å². The van der Waals surface area contributed by atoms with Gasteiger partial charge in [0.15, 0.2) is 16.7 Å². The molecule has 1 aliphatic heterocycles. The first kappa shape index (κ1) is 22.2. The topological polar surface area (TPSA) is 93.3 Å². The van der Waals surface area contributed by atoms with Crippen LogP contribution in [-0.2, 0) is 10.5 Å². The molecule has 7 nitrogen and oxygen atoms in total. The maximum absolute atomic E-state index is 13.0. The molecule has 0 saturated carbocycles. The van der Waals surface area contributed by atoms with E-state index in [1.807, 2.05) is 37.3 Å². The van der Waals surface area contributed by atoms with Crippen molar-refractivity contribution in [2.75, 3.05) is 19.0 Å². The van der Waals surface area contributed by atoms with Gasteiger partial charge in [-0.2, -0.15) is 0 Å². The number of anilines is 1. The van der Waals surface area contributed by atoms with Crippen molar-refractivity contribution in [1.29, 1.82) is 0 Å². The maximum Gasteiger partial charge on any atom is 0.257 e. The summed E-state index contributed by atoms with van der Waals surface area (Å²) in [5.41, 5.74) is 1.86. The summed E-state index contributed by atoms with van der Waals surface area (Å²) in [5, 5.41) is 3.81. The van der Waals surface area contributed by atoms with Gasteiger partial charge >= 0.3 is 0 Å². The monoisotopic (exact) mass is 471 g/mol. The third-order valence-corrected chi connectivity index (χ3v) is 6.43. The minimum Gasteiger partial charge on any atom is -0.493 e. The molecule has 166 valence electrons. The van der Waals surface area contributed by atoms with E-state index in [9.17, 15) is 9.59 Å². The summed E-state index contributed by atoms with van der Waals surface area (Å²) in [6, 6.07) is 12.9. The highest BCUT2D eigenvalue weighted by atomic mass is 35.5. The molecule has 2 heterocycles. The normalized spacial score (nSPS) is 15.1. The number of rotatable bonds is 7. The van der Waals surface area contributed by atoms with E-state index in [1.165, 1.54) is 11.8 Å². The average Bonchev–Trinajstić information content (AvgIpc) is 2.78. The lowest BCUT2D eigenvalue weighted by atomic mass is 9.86. The Morgan fingerprint density at radius 1 is 1.19 bits per heavy atom. The second kappa shape index (κ2) is 9.67. The number of aromatic amines is 1. The van der Waals surface area contributed by atoms with Crippen molar-refractivity contribution in [2.45, 2.75) is 30.2 Å². The molecule has 0 bridgehead atoms. The van der Waals surface area contributed by atoms with Crippen LogP contribution in [0.15, 0.2) is 52.4 Å². The molecule has 2 N–H and O–H groups in total. The number of halogens is 1. The predicted molar refractivity (Wildman–Crippen MR) is 125 cm³/mol. The molecule has 1 aliphatic rings. The van der Waals surface area contributed by atoms with Gasteiger partial charge in [-0.25, -0.2) is 4.98 Å². The van der Waals surface area contributed by atoms with Crippen LogP contribution < -0.4 is 20.3 Å². The van der Waals surface area contributed by atoms with Gasteiger partial charge in [0, 0.05) is 23.1 Å². The molecular weight excluding hydrogens is 450 g/mol. The smallest absolute Gasteiger partial charge is 0.257 e. The first-order valence-corrected chi connectivity index (χ1v) is 11.5. The highest BCUT2D eigenvalue weighted by molar-refractivity contribution is 7.98. The van der Waals surface area contributed by atoms with E-state index < -0.39 is 5.92 Å². The molecule has 0 aliphatic carbocycles. The Balaban J connectivity index is 1.66. The van der Waals surface area contributed by atoms with Crippen molar-refractivity contribution in [2.24, 2.45) is 0 Å². The summed E-state index contributed by atoms with van der Waals surface area (Å²) >= 11 is 7.56. The number of hydrogen-bond acceptors (Lipinski definition) is 6. The molecule has 0 fully saturated rings. The molecule has 0 saturated heterocycles. The first-order valence-electron chi connectivity index (χ1n) is 10.1. The summed E-state index contributed by atoms with van der Waals surface area (Å²) in [5.74, 6) is 1.34. The van der Waals surface area contributed by atoms with Gasteiger partial charge in [-0.1, -0.05) is 47.6 Å². The number of amides is 1. The number of nitrogens with zero attached hydrogens (tertiary/aromatic N) is 1. The lowest BCUT2D eigenvalue weighted by Crippen LogP contribution is -2.31. The highest BCUT2D eigenvalue weighted by Crippen LogP contribution is 2.38. The Morgan fingerprint density at radius 3 is 2.75 bits per heavy atom. The van der Waals surface area contributed by atoms with Crippen molar-refractivity contribution < 1.29 is 14.3 Å². The fourth-order valence-electron chi connectivity index (χ4n) is 3.64. The Hall–Kier alpha value is -2.97. The first-order chi connectivity index (χ1) is 15.5. The van der Waals surface area contributed by atoms with E-state index >= 15 is 0 Å². The van der Waals surface area contributed by atoms with Crippen LogP contribution in [0, 0.1) is 0 Å². The molecule has 0 spiro atoms. The molecule has 2 aromatic carbocycles. The Morgan fingerprint density at radius 2 is 2.00 bits per heavy atom. The minimum absolute atomic E-state index is 0.140. The SMILES string of the molecule is CCOc1ccc([C@@H]2CC(=O)Nc3nc(SCc4ccccc4Cl)[nH]c(=O)c32)cc1OC. The molecule has 0 radical (unpaired) electrons. The van der Waals surface area contributed by atoms with Crippen LogP contribution in [0.2, 0.25) is 5.02 Å². The molecular formula is C23H22ClN3O4S. The van der Waals surface area contributed by atoms with Crippen LogP contribution in [0.3, 0.4) is 0 Å². The summed E-state index contributed by atoms with van der Waals surface area (Å²) in [6.07, 6.45) is 0.140. The fourth-order valence-corrected chi connectivity index (χ4v) is 4.79. The number of benzene rings is 2. The number of methoxy groups -OCH3 is 1. The van der Waals surface area contributed by atoms with Gasteiger partial charge < -0.3 is 19.8 Å². The summed E-state index contributed by atoms with van der Waals surface area (Å²) in [6.45, 7) is 2.39. The van der Waals surface area contributed by atoms with Crippen molar-refractivity contribution in [3.8, 4) is 11.5 Å². The second-order valence-electron chi connectivity index (χ2n) is 7.16. The molecule has 3 aromatic rings. The third kappa shape index (κ3) is 4.61. The van der Waals surface area contributed by atoms with E-state index in [-0.39, 0.29) is 23.7 Å². The van der Waals surface area contributed by atoms with Gasteiger partial charge in [0.05, 0.1) is 19.3 Å². The Kier molecular flexibility index (Phi) is 6.72. The van der Waals surface area contributed by atoms with Crippen molar-refractivity contribution in [3.05, 3.63) is 74.5 Å². The molecule has 0 unspecified atom stereocenters. The maximum atomic E-state index is 13.0. The Bertz CT molecular complexity index is 1210. The third-order valence-electron chi connectivity index (χ3n) is 5.14. The van der Waals surface area contributed by atoms with E-state index in [1.54, 1.807) is 19.2 Å². The van der Waals surface area contributed by atoms with Crippen LogP contribution in [-0.4, -0.2) is 29.6 Å². The van der Waals surface area contributed by atoms with Gasteiger partial charge in [-0.3, -0.25) is 9.59 Å². The Labute approximate surface area is 194 Å². The van der Waals surface area contributed by atoms with Crippen LogP contribution in [0.1, 0.15) is 36.0 Å². The standard InChI is InChI=1S/C23H22ClN3O4S/c1-3-31-17-9-8-13(10-18(17)30-2)15-11-19(28)25-21-20(15)22(29)27-23(26-21)32-12-14-6-4-5-7-16(14)24/h4-10,15H,3,11-12H2,1-2H3,(H2,25,26,27,28,29)/t15-/m0/s1. The second-order valence-corrected chi connectivity index (χ2v) is 8.53. The van der Waals surface area contributed by atoms with Crippen LogP contribution in [0.25, 0.3) is 0 Å². The van der Waals surface area contributed by atoms with Crippen LogP contribution in [0.4, 0.5) is 5.82 Å². The summed E-state index contributed by atoms with van der Waals surface area (Å²) < 4.78 is 11.0. The zero-order chi connectivity index (χ0) is 22.7. The summed E-state index contributed by atoms with van der Waals surface area (Å²) in [4.78, 5) is 32.8. The number of aromatic nitrogens is 2. The van der Waals surface area contributed by atoms with E-state index in [4.69, 9.17) is 21.1 Å². The predicted octanol–water partition coefficient (Wildman–Crippen LogP) is 4.60. The largest absolute Gasteiger partial charge is 0.493 e. The number of hydrogen-bond donors (Lipinski definition) is 2. The number of H-pyrrole nitrogens is 1. The van der Waals surface area contributed by atoms with Gasteiger partial charge in [0.25, 0.3) is 5.56 Å². The van der Waals surface area contributed by atoms with E-state index in [0.29, 0.717) is 39.6 Å². The van der Waals surface area contributed by atoms with Gasteiger partial charge in [-0.15, -0.1) is 0 Å². The van der Waals surface area contributed by atoms with E-state index in [2.05, 4.69) is 15.3 Å². The lowest BCUT2D eigenvalue weighted by molar-refractivity contribution is -0.116. The average molecular weight is 472 g/mol. The molecule has 1 amide bonds. The molecule has 1 aromatic heterocycles. The highest BCUT2D eigenvalue weighted by Gasteiger charge is 2.31. The molecule has 4 rings (SSSR count). The number of fused-ring (bicyclic) bond motifs is 1. The summed E-state index contributed by atoms with van der Waals surface area (Å²) in [7, 11) is 1.56. The minimum atomic E-state index is -0.442.